The molecule has 0 bridgehead atoms. The number of benzene rings is 2. The normalized spacial score (nSPS) is 12.1. The van der Waals surface area contributed by atoms with Gasteiger partial charge < -0.3 is 18.8 Å². The van der Waals surface area contributed by atoms with E-state index in [1.807, 2.05) is 0 Å². The Labute approximate surface area is 212 Å². The maximum absolute atomic E-state index is 14.0. The molecule has 0 unspecified atom stereocenters. The average molecular weight is 533 g/mol. The lowest BCUT2D eigenvalue weighted by Gasteiger charge is -2.24. The number of rotatable bonds is 12. The number of sulfonamides is 1. The first kappa shape index (κ1) is 27.7. The number of nitrogens with zero attached hydrogens (tertiary/aromatic N) is 2. The van der Waals surface area contributed by atoms with Gasteiger partial charge in [-0.05, 0) is 56.7 Å². The molecule has 194 valence electrons. The summed E-state index contributed by atoms with van der Waals surface area (Å²) in [4.78, 5) is 11.2. The Kier molecular flexibility index (Phi) is 8.85. The van der Waals surface area contributed by atoms with E-state index in [9.17, 15) is 18.3 Å². The van der Waals surface area contributed by atoms with Crippen molar-refractivity contribution in [2.24, 2.45) is 0 Å². The van der Waals surface area contributed by atoms with Crippen LogP contribution in [0.1, 0.15) is 27.2 Å². The van der Waals surface area contributed by atoms with E-state index in [-0.39, 0.29) is 30.7 Å². The molecule has 3 rings (SSSR count). The average Bonchev–Trinajstić information content (AvgIpc) is 3.17. The molecular formula is C25H32N2O7SSi. The Bertz CT molecular complexity index is 1320. The van der Waals surface area contributed by atoms with Crippen LogP contribution in [0.2, 0.25) is 19.6 Å². The van der Waals surface area contributed by atoms with Crippen LogP contribution in [0.4, 0.5) is 5.88 Å². The minimum atomic E-state index is -4.21. The van der Waals surface area contributed by atoms with Gasteiger partial charge in [-0.1, -0.05) is 35.5 Å². The second kappa shape index (κ2) is 11.5. The number of aldehydes is 1. The van der Waals surface area contributed by atoms with Crippen LogP contribution in [-0.2, 0) is 25.8 Å². The van der Waals surface area contributed by atoms with Crippen molar-refractivity contribution in [2.75, 3.05) is 24.2 Å². The van der Waals surface area contributed by atoms with Crippen LogP contribution in [0, 0.1) is 13.8 Å². The summed E-state index contributed by atoms with van der Waals surface area (Å²) < 4.78 is 46.1. The van der Waals surface area contributed by atoms with E-state index in [0.29, 0.717) is 46.4 Å². The third-order valence-corrected chi connectivity index (χ3v) is 8.34. The quantitative estimate of drug-likeness (QED) is 0.159. The van der Waals surface area contributed by atoms with E-state index >= 15 is 0 Å². The van der Waals surface area contributed by atoms with Crippen molar-refractivity contribution in [3.05, 3.63) is 64.8 Å². The Hall–Kier alpha value is -2.83. The summed E-state index contributed by atoms with van der Waals surface area (Å²) in [5.41, 5.74) is 2.82. The number of hydrogen-bond donors (Lipinski definition) is 1. The number of hydrogen-bond acceptors (Lipinski definition) is 8. The molecular weight excluding hydrogens is 500 g/mol. The number of aromatic nitrogens is 1. The number of aliphatic hydroxyl groups excluding tert-OH is 1. The summed E-state index contributed by atoms with van der Waals surface area (Å²) in [5.74, 6) is 0.0621. The predicted molar refractivity (Wildman–Crippen MR) is 139 cm³/mol. The van der Waals surface area contributed by atoms with Crippen molar-refractivity contribution in [2.45, 2.75) is 45.0 Å². The molecule has 0 fully saturated rings. The minimum Gasteiger partial charge on any atom is -0.415 e. The zero-order chi connectivity index (χ0) is 26.5. The van der Waals surface area contributed by atoms with Gasteiger partial charge in [-0.2, -0.15) is 0 Å². The molecule has 11 heteroatoms. The first-order valence-electron chi connectivity index (χ1n) is 11.4. The number of aliphatic hydroxyl groups is 1. The number of carbonyl (C=O) groups excluding carboxylic acids is 1. The Balaban J connectivity index is 2.04. The van der Waals surface area contributed by atoms with Gasteiger partial charge in [-0.25, -0.2) is 12.7 Å². The predicted octanol–water partition coefficient (Wildman–Crippen LogP) is 4.28. The molecule has 36 heavy (non-hydrogen) atoms. The summed E-state index contributed by atoms with van der Waals surface area (Å²) in [6, 6.07) is 11.2. The molecule has 9 nitrogen and oxygen atoms in total. The fourth-order valence-corrected chi connectivity index (χ4v) is 5.78. The molecule has 2 aromatic carbocycles. The molecule has 0 amide bonds. The molecule has 0 spiro atoms. The van der Waals surface area contributed by atoms with Gasteiger partial charge in [0.25, 0.3) is 10.0 Å². The first-order valence-corrected chi connectivity index (χ1v) is 16.3. The molecule has 0 aliphatic rings. The standard InChI is InChI=1S/C25H32N2O7SSi/c1-18-19(2)26-34-25(18)27(17-32-12-13-33-36(3,4)5)35(30,31)24-9-7-6-8-23(24)22-11-10-20(15-28)14-21(22)16-29/h6-11,14-15,29H,12-13,16-17H2,1-5H3. The summed E-state index contributed by atoms with van der Waals surface area (Å²) >= 11 is 0. The summed E-state index contributed by atoms with van der Waals surface area (Å²) in [6.07, 6.45) is 0.672. The van der Waals surface area contributed by atoms with Crippen LogP contribution in [0.3, 0.4) is 0 Å². The van der Waals surface area contributed by atoms with Gasteiger partial charge in [-0.3, -0.25) is 4.79 Å². The molecule has 0 radical (unpaired) electrons. The van der Waals surface area contributed by atoms with Gasteiger partial charge in [0.05, 0.1) is 30.4 Å². The third kappa shape index (κ3) is 6.29. The molecule has 1 N–H and O–H groups in total. The van der Waals surface area contributed by atoms with Crippen molar-refractivity contribution >= 4 is 30.5 Å². The van der Waals surface area contributed by atoms with Gasteiger partial charge in [0, 0.05) is 16.7 Å². The second-order valence-electron chi connectivity index (χ2n) is 9.24. The van der Waals surface area contributed by atoms with Crippen LogP contribution in [0.25, 0.3) is 11.1 Å². The molecule has 1 aromatic heterocycles. The van der Waals surface area contributed by atoms with Gasteiger partial charge in [0.1, 0.15) is 13.0 Å². The van der Waals surface area contributed by atoms with Crippen molar-refractivity contribution in [3.63, 3.8) is 0 Å². The molecule has 0 saturated heterocycles. The van der Waals surface area contributed by atoms with Crippen molar-refractivity contribution in [3.8, 4) is 11.1 Å². The van der Waals surface area contributed by atoms with E-state index in [1.54, 1.807) is 44.2 Å². The molecule has 0 atom stereocenters. The van der Waals surface area contributed by atoms with Gasteiger partial charge >= 0.3 is 0 Å². The lowest BCUT2D eigenvalue weighted by Crippen LogP contribution is -2.35. The Morgan fingerprint density at radius 1 is 1.08 bits per heavy atom. The largest absolute Gasteiger partial charge is 0.415 e. The number of ether oxygens (including phenoxy) is 1. The van der Waals surface area contributed by atoms with E-state index in [1.165, 1.54) is 12.1 Å². The van der Waals surface area contributed by atoms with E-state index in [4.69, 9.17) is 13.7 Å². The molecule has 0 aliphatic carbocycles. The Morgan fingerprint density at radius 3 is 2.42 bits per heavy atom. The van der Waals surface area contributed by atoms with Crippen LogP contribution in [-0.4, -0.2) is 53.2 Å². The smallest absolute Gasteiger partial charge is 0.269 e. The van der Waals surface area contributed by atoms with Gasteiger partial charge in [0.15, 0.2) is 8.32 Å². The number of anilines is 1. The fraction of sp³-hybridized carbons (Fsp3) is 0.360. The molecule has 0 aliphatic heterocycles. The highest BCUT2D eigenvalue weighted by molar-refractivity contribution is 7.93. The lowest BCUT2D eigenvalue weighted by molar-refractivity contribution is 0.103. The number of aryl methyl sites for hydroxylation is 1. The van der Waals surface area contributed by atoms with E-state index in [0.717, 1.165) is 4.31 Å². The maximum Gasteiger partial charge on any atom is 0.269 e. The van der Waals surface area contributed by atoms with Crippen LogP contribution in [0.5, 0.6) is 0 Å². The van der Waals surface area contributed by atoms with E-state index in [2.05, 4.69) is 24.8 Å². The fourth-order valence-electron chi connectivity index (χ4n) is 3.54. The zero-order valence-corrected chi connectivity index (χ0v) is 23.0. The lowest BCUT2D eigenvalue weighted by atomic mass is 9.98. The molecule has 3 aromatic rings. The van der Waals surface area contributed by atoms with Gasteiger partial charge in [-0.15, -0.1) is 0 Å². The third-order valence-electron chi connectivity index (χ3n) is 5.51. The highest BCUT2D eigenvalue weighted by Gasteiger charge is 2.32. The molecule has 1 heterocycles. The topological polar surface area (TPSA) is 119 Å². The van der Waals surface area contributed by atoms with Crippen molar-refractivity contribution < 1.29 is 32.0 Å². The van der Waals surface area contributed by atoms with Crippen LogP contribution < -0.4 is 4.31 Å². The van der Waals surface area contributed by atoms with Crippen LogP contribution in [0.15, 0.2) is 51.9 Å². The van der Waals surface area contributed by atoms with Crippen LogP contribution >= 0.6 is 0 Å². The first-order chi connectivity index (χ1) is 17.0. The maximum atomic E-state index is 14.0. The number of carbonyl (C=O) groups is 1. The Morgan fingerprint density at radius 2 is 1.81 bits per heavy atom. The molecule has 0 saturated carbocycles. The van der Waals surface area contributed by atoms with Gasteiger partial charge in [0.2, 0.25) is 5.88 Å². The van der Waals surface area contributed by atoms with E-state index < -0.39 is 18.3 Å². The highest BCUT2D eigenvalue weighted by atomic mass is 32.2. The minimum absolute atomic E-state index is 0.00560. The van der Waals surface area contributed by atoms with Crippen molar-refractivity contribution in [1.82, 2.24) is 5.16 Å². The second-order valence-corrected chi connectivity index (χ2v) is 15.6. The summed E-state index contributed by atoms with van der Waals surface area (Å²) in [5, 5.41) is 13.8. The summed E-state index contributed by atoms with van der Waals surface area (Å²) in [6.45, 7) is 9.51. The highest BCUT2D eigenvalue weighted by Crippen LogP contribution is 2.35. The zero-order valence-electron chi connectivity index (χ0n) is 21.1. The SMILES string of the molecule is Cc1noc(N(COCCO[Si](C)(C)C)S(=O)(=O)c2ccccc2-c2ccc(C=O)cc2CO)c1C. The summed E-state index contributed by atoms with van der Waals surface area (Å²) in [7, 11) is -5.94. The van der Waals surface area contributed by atoms with Crippen molar-refractivity contribution in [1.29, 1.82) is 0 Å². The monoisotopic (exact) mass is 532 g/mol.